The van der Waals surface area contributed by atoms with Crippen LogP contribution in [0.1, 0.15) is 27.2 Å². The van der Waals surface area contributed by atoms with Crippen molar-refractivity contribution in [1.29, 1.82) is 0 Å². The topological polar surface area (TPSA) is 52.1 Å². The number of rotatable bonds is 7. The molecule has 0 radical (unpaired) electrons. The molecule has 156 valence electrons. The fourth-order valence-corrected chi connectivity index (χ4v) is 4.00. The SMILES string of the molecule is CCNC(=NCC(C)(C)N1CCOCC1)NCC1CCN(c2ccccc2)C1. The van der Waals surface area contributed by atoms with Crippen molar-refractivity contribution in [2.45, 2.75) is 32.7 Å². The van der Waals surface area contributed by atoms with Crippen LogP contribution in [0.5, 0.6) is 0 Å². The maximum absolute atomic E-state index is 5.49. The van der Waals surface area contributed by atoms with Crippen molar-refractivity contribution in [2.24, 2.45) is 10.9 Å². The molecule has 2 aliphatic heterocycles. The Morgan fingerprint density at radius 1 is 1.14 bits per heavy atom. The molecule has 0 bridgehead atoms. The summed E-state index contributed by atoms with van der Waals surface area (Å²) in [6, 6.07) is 10.7. The molecule has 1 atom stereocenters. The zero-order chi connectivity index (χ0) is 19.8. The van der Waals surface area contributed by atoms with E-state index in [1.807, 2.05) is 0 Å². The first kappa shape index (κ1) is 20.9. The van der Waals surface area contributed by atoms with Gasteiger partial charge in [0.05, 0.1) is 19.8 Å². The summed E-state index contributed by atoms with van der Waals surface area (Å²) in [6.07, 6.45) is 1.22. The van der Waals surface area contributed by atoms with Gasteiger partial charge in [0.25, 0.3) is 0 Å². The van der Waals surface area contributed by atoms with Gasteiger partial charge in [-0.2, -0.15) is 0 Å². The summed E-state index contributed by atoms with van der Waals surface area (Å²) in [5.41, 5.74) is 1.38. The molecule has 0 saturated carbocycles. The van der Waals surface area contributed by atoms with Gasteiger partial charge in [0.15, 0.2) is 5.96 Å². The van der Waals surface area contributed by atoms with Crippen LogP contribution in [0, 0.1) is 5.92 Å². The molecule has 6 nitrogen and oxygen atoms in total. The van der Waals surface area contributed by atoms with Crippen molar-refractivity contribution >= 4 is 11.6 Å². The van der Waals surface area contributed by atoms with Gasteiger partial charge in [-0.1, -0.05) is 18.2 Å². The summed E-state index contributed by atoms with van der Waals surface area (Å²) in [7, 11) is 0. The quantitative estimate of drug-likeness (QED) is 0.555. The highest BCUT2D eigenvalue weighted by Crippen LogP contribution is 2.23. The second-order valence-corrected chi connectivity index (χ2v) is 8.42. The fraction of sp³-hybridized carbons (Fsp3) is 0.682. The Balaban J connectivity index is 1.49. The molecule has 3 rings (SSSR count). The molecule has 0 aromatic heterocycles. The molecule has 2 aliphatic rings. The summed E-state index contributed by atoms with van der Waals surface area (Å²) < 4.78 is 5.49. The Morgan fingerprint density at radius 3 is 2.61 bits per heavy atom. The zero-order valence-corrected chi connectivity index (χ0v) is 17.8. The van der Waals surface area contributed by atoms with E-state index in [0.717, 1.165) is 65.0 Å². The average Bonchev–Trinajstić information content (AvgIpc) is 3.20. The lowest BCUT2D eigenvalue weighted by Gasteiger charge is -2.39. The Hall–Kier alpha value is -1.79. The average molecular weight is 388 g/mol. The molecule has 1 unspecified atom stereocenters. The lowest BCUT2D eigenvalue weighted by Crippen LogP contribution is -2.52. The Morgan fingerprint density at radius 2 is 1.89 bits per heavy atom. The van der Waals surface area contributed by atoms with Gasteiger partial charge in [0, 0.05) is 50.5 Å². The zero-order valence-electron chi connectivity index (χ0n) is 17.8. The molecule has 6 heteroatoms. The summed E-state index contributed by atoms with van der Waals surface area (Å²) in [5.74, 6) is 1.58. The van der Waals surface area contributed by atoms with E-state index in [0.29, 0.717) is 5.92 Å². The Kier molecular flexibility index (Phi) is 7.57. The molecule has 0 amide bonds. The highest BCUT2D eigenvalue weighted by molar-refractivity contribution is 5.79. The number of nitrogens with zero attached hydrogens (tertiary/aromatic N) is 3. The number of guanidine groups is 1. The molecule has 2 N–H and O–H groups in total. The second kappa shape index (κ2) is 10.1. The van der Waals surface area contributed by atoms with Gasteiger partial charge in [0.1, 0.15) is 0 Å². The predicted molar refractivity (Wildman–Crippen MR) is 117 cm³/mol. The third-order valence-corrected chi connectivity index (χ3v) is 5.80. The smallest absolute Gasteiger partial charge is 0.191 e. The Labute approximate surface area is 170 Å². The molecule has 1 aromatic carbocycles. The van der Waals surface area contributed by atoms with Crippen LogP contribution in [-0.2, 0) is 4.74 Å². The highest BCUT2D eigenvalue weighted by Gasteiger charge is 2.28. The molecular weight excluding hydrogens is 350 g/mol. The summed E-state index contributed by atoms with van der Waals surface area (Å²) >= 11 is 0. The van der Waals surface area contributed by atoms with E-state index in [1.165, 1.54) is 12.1 Å². The first-order valence-electron chi connectivity index (χ1n) is 10.7. The first-order valence-corrected chi connectivity index (χ1v) is 10.7. The van der Waals surface area contributed by atoms with Gasteiger partial charge < -0.3 is 20.3 Å². The normalized spacial score (nSPS) is 21.8. The Bertz CT molecular complexity index is 613. The van der Waals surface area contributed by atoms with Crippen LogP contribution in [0.3, 0.4) is 0 Å². The maximum atomic E-state index is 5.49. The van der Waals surface area contributed by atoms with E-state index in [9.17, 15) is 0 Å². The first-order chi connectivity index (χ1) is 13.6. The van der Waals surface area contributed by atoms with Crippen LogP contribution in [-0.4, -0.2) is 75.4 Å². The monoisotopic (exact) mass is 387 g/mol. The van der Waals surface area contributed by atoms with Crippen molar-refractivity contribution < 1.29 is 4.74 Å². The fourth-order valence-electron chi connectivity index (χ4n) is 4.00. The maximum Gasteiger partial charge on any atom is 0.191 e. The minimum absolute atomic E-state index is 0.0452. The number of aliphatic imine (C=N–C) groups is 1. The van der Waals surface area contributed by atoms with Crippen molar-refractivity contribution in [3.8, 4) is 0 Å². The largest absolute Gasteiger partial charge is 0.379 e. The van der Waals surface area contributed by atoms with E-state index in [4.69, 9.17) is 9.73 Å². The van der Waals surface area contributed by atoms with Crippen LogP contribution in [0.25, 0.3) is 0 Å². The lowest BCUT2D eigenvalue weighted by atomic mass is 10.0. The third-order valence-electron chi connectivity index (χ3n) is 5.80. The standard InChI is InChI=1S/C22H37N5O/c1-4-23-21(25-18-22(2,3)27-12-14-28-15-13-27)24-16-19-10-11-26(17-19)20-8-6-5-7-9-20/h5-9,19H,4,10-18H2,1-3H3,(H2,23,24,25). The highest BCUT2D eigenvalue weighted by atomic mass is 16.5. The number of ether oxygens (including phenoxy) is 1. The van der Waals surface area contributed by atoms with Crippen molar-refractivity contribution in [3.05, 3.63) is 30.3 Å². The second-order valence-electron chi connectivity index (χ2n) is 8.42. The minimum atomic E-state index is 0.0452. The van der Waals surface area contributed by atoms with Crippen LogP contribution in [0.4, 0.5) is 5.69 Å². The van der Waals surface area contributed by atoms with Gasteiger partial charge in [-0.25, -0.2) is 0 Å². The van der Waals surface area contributed by atoms with E-state index in [2.05, 4.69) is 71.5 Å². The number of benzene rings is 1. The number of hydrogen-bond donors (Lipinski definition) is 2. The molecular formula is C22H37N5O. The van der Waals surface area contributed by atoms with Crippen LogP contribution in [0.2, 0.25) is 0 Å². The molecule has 2 saturated heterocycles. The molecule has 2 fully saturated rings. The van der Waals surface area contributed by atoms with Crippen molar-refractivity contribution in [2.75, 3.05) is 63.9 Å². The predicted octanol–water partition coefficient (Wildman–Crippen LogP) is 2.18. The molecule has 1 aromatic rings. The van der Waals surface area contributed by atoms with Crippen LogP contribution in [0.15, 0.2) is 35.3 Å². The van der Waals surface area contributed by atoms with E-state index < -0.39 is 0 Å². The molecule has 0 spiro atoms. The van der Waals surface area contributed by atoms with Crippen molar-refractivity contribution in [3.63, 3.8) is 0 Å². The van der Waals surface area contributed by atoms with E-state index >= 15 is 0 Å². The van der Waals surface area contributed by atoms with Gasteiger partial charge in [-0.05, 0) is 45.2 Å². The van der Waals surface area contributed by atoms with Crippen LogP contribution < -0.4 is 15.5 Å². The number of anilines is 1. The molecule has 2 heterocycles. The van der Waals surface area contributed by atoms with Gasteiger partial charge in [0.2, 0.25) is 0 Å². The van der Waals surface area contributed by atoms with Gasteiger partial charge >= 0.3 is 0 Å². The van der Waals surface area contributed by atoms with E-state index in [-0.39, 0.29) is 5.54 Å². The minimum Gasteiger partial charge on any atom is -0.379 e. The van der Waals surface area contributed by atoms with Gasteiger partial charge in [-0.3, -0.25) is 9.89 Å². The van der Waals surface area contributed by atoms with Crippen LogP contribution >= 0.6 is 0 Å². The third kappa shape index (κ3) is 5.85. The lowest BCUT2D eigenvalue weighted by molar-refractivity contribution is -0.00683. The number of para-hydroxylation sites is 1. The molecule has 0 aliphatic carbocycles. The number of hydrogen-bond acceptors (Lipinski definition) is 4. The van der Waals surface area contributed by atoms with Crippen molar-refractivity contribution in [1.82, 2.24) is 15.5 Å². The molecule has 28 heavy (non-hydrogen) atoms. The number of nitrogens with one attached hydrogen (secondary N) is 2. The summed E-state index contributed by atoms with van der Waals surface area (Å²) in [6.45, 7) is 15.2. The van der Waals surface area contributed by atoms with E-state index in [1.54, 1.807) is 0 Å². The number of morpholine rings is 1. The summed E-state index contributed by atoms with van der Waals surface area (Å²) in [5, 5.41) is 6.99. The van der Waals surface area contributed by atoms with Gasteiger partial charge in [-0.15, -0.1) is 0 Å². The summed E-state index contributed by atoms with van der Waals surface area (Å²) in [4.78, 5) is 9.87.